The van der Waals surface area contributed by atoms with E-state index in [4.69, 9.17) is 0 Å². The Morgan fingerprint density at radius 1 is 1.38 bits per heavy atom. The normalized spacial score (nSPS) is 12.4. The van der Waals surface area contributed by atoms with Crippen LogP contribution in [-0.2, 0) is 11.2 Å². The molecule has 0 spiro atoms. The zero-order valence-corrected chi connectivity index (χ0v) is 12.0. The van der Waals surface area contributed by atoms with E-state index in [-0.39, 0.29) is 5.78 Å². The second-order valence-corrected chi connectivity index (χ2v) is 5.28. The van der Waals surface area contributed by atoms with Gasteiger partial charge in [-0.3, -0.25) is 4.79 Å². The summed E-state index contributed by atoms with van der Waals surface area (Å²) in [5.41, 5.74) is 1.09. The largest absolute Gasteiger partial charge is 0.307 e. The number of carbonyl (C=O) groups excluding carboxylic acids is 1. The highest BCUT2D eigenvalue weighted by molar-refractivity contribution is 14.1. The van der Waals surface area contributed by atoms with Crippen LogP contribution in [0.25, 0.3) is 0 Å². The van der Waals surface area contributed by atoms with Gasteiger partial charge < -0.3 is 5.32 Å². The lowest BCUT2D eigenvalue weighted by Gasteiger charge is -2.10. The monoisotopic (exact) mass is 331 g/mol. The first-order valence-corrected chi connectivity index (χ1v) is 6.69. The van der Waals surface area contributed by atoms with Gasteiger partial charge in [0.2, 0.25) is 0 Å². The van der Waals surface area contributed by atoms with E-state index in [1.54, 1.807) is 0 Å². The topological polar surface area (TPSA) is 29.1 Å². The van der Waals surface area contributed by atoms with E-state index < -0.39 is 0 Å². The lowest BCUT2D eigenvalue weighted by atomic mass is 10.1. The molecule has 0 amide bonds. The molecule has 1 aromatic rings. The van der Waals surface area contributed by atoms with Crippen molar-refractivity contribution in [1.82, 2.24) is 5.32 Å². The van der Waals surface area contributed by atoms with Crippen molar-refractivity contribution in [2.24, 2.45) is 0 Å². The van der Waals surface area contributed by atoms with E-state index >= 15 is 0 Å². The van der Waals surface area contributed by atoms with Crippen molar-refractivity contribution in [2.45, 2.75) is 32.7 Å². The molecular weight excluding hydrogens is 313 g/mol. The van der Waals surface area contributed by atoms with Crippen LogP contribution in [0, 0.1) is 3.57 Å². The van der Waals surface area contributed by atoms with Crippen LogP contribution in [0.5, 0.6) is 0 Å². The lowest BCUT2D eigenvalue weighted by molar-refractivity contribution is -0.117. The Kier molecular flexibility index (Phi) is 5.98. The van der Waals surface area contributed by atoms with Gasteiger partial charge in [0.15, 0.2) is 5.78 Å². The summed E-state index contributed by atoms with van der Waals surface area (Å²) in [4.78, 5) is 11.7. The minimum atomic E-state index is 0.251. The molecule has 0 saturated carbocycles. The van der Waals surface area contributed by atoms with Crippen LogP contribution >= 0.6 is 22.6 Å². The molecule has 16 heavy (non-hydrogen) atoms. The third kappa shape index (κ3) is 5.07. The molecule has 0 aliphatic rings. The van der Waals surface area contributed by atoms with Crippen LogP contribution < -0.4 is 5.32 Å². The summed E-state index contributed by atoms with van der Waals surface area (Å²) in [5, 5.41) is 3.21. The van der Waals surface area contributed by atoms with Gasteiger partial charge in [0.25, 0.3) is 0 Å². The van der Waals surface area contributed by atoms with Crippen LogP contribution in [-0.4, -0.2) is 18.4 Å². The zero-order chi connectivity index (χ0) is 12.0. The van der Waals surface area contributed by atoms with Crippen molar-refractivity contribution >= 4 is 28.4 Å². The van der Waals surface area contributed by atoms with E-state index in [9.17, 15) is 4.79 Å². The average molecular weight is 331 g/mol. The maximum Gasteiger partial charge on any atom is 0.150 e. The summed E-state index contributed by atoms with van der Waals surface area (Å²) in [6.45, 7) is 4.68. The molecule has 0 fully saturated rings. The molecule has 2 nitrogen and oxygen atoms in total. The molecule has 0 aliphatic carbocycles. The number of halogens is 1. The quantitative estimate of drug-likeness (QED) is 0.812. The minimum absolute atomic E-state index is 0.251. The second-order valence-electron chi connectivity index (χ2n) is 4.03. The molecule has 1 unspecified atom stereocenters. The Hall–Kier alpha value is -0.420. The molecule has 1 aromatic carbocycles. The van der Waals surface area contributed by atoms with Crippen molar-refractivity contribution < 1.29 is 4.79 Å². The summed E-state index contributed by atoms with van der Waals surface area (Å²) in [6.07, 6.45) is 1.58. The fraction of sp³-hybridized carbons (Fsp3) is 0.462. The van der Waals surface area contributed by atoms with Crippen LogP contribution in [0.2, 0.25) is 0 Å². The van der Waals surface area contributed by atoms with E-state index in [1.165, 1.54) is 3.57 Å². The average Bonchev–Trinajstić information content (AvgIpc) is 2.29. The van der Waals surface area contributed by atoms with Crippen molar-refractivity contribution in [3.05, 3.63) is 33.4 Å². The summed E-state index contributed by atoms with van der Waals surface area (Å²) in [5.74, 6) is 0.251. The van der Waals surface area contributed by atoms with Gasteiger partial charge in [-0.1, -0.05) is 19.1 Å². The van der Waals surface area contributed by atoms with E-state index in [0.717, 1.165) is 12.0 Å². The summed E-state index contributed by atoms with van der Waals surface area (Å²) < 4.78 is 1.20. The fourth-order valence-electron chi connectivity index (χ4n) is 1.32. The highest BCUT2D eigenvalue weighted by Crippen LogP contribution is 2.07. The highest BCUT2D eigenvalue weighted by atomic mass is 127. The molecule has 1 rings (SSSR count). The van der Waals surface area contributed by atoms with Crippen molar-refractivity contribution in [2.75, 3.05) is 6.54 Å². The molecule has 0 aromatic heterocycles. The molecule has 0 bridgehead atoms. The van der Waals surface area contributed by atoms with Crippen molar-refractivity contribution in [3.63, 3.8) is 0 Å². The van der Waals surface area contributed by atoms with E-state index in [2.05, 4.69) is 41.8 Å². The molecule has 0 heterocycles. The SMILES string of the molecule is CCC(C)NCC(=O)Cc1ccc(I)cc1. The molecule has 3 heteroatoms. The van der Waals surface area contributed by atoms with Gasteiger partial charge >= 0.3 is 0 Å². The Morgan fingerprint density at radius 3 is 2.56 bits per heavy atom. The number of hydrogen-bond donors (Lipinski definition) is 1. The van der Waals surface area contributed by atoms with Gasteiger partial charge in [0, 0.05) is 16.0 Å². The number of Topliss-reactive ketones (excluding diaryl/α,β-unsaturated/α-hetero) is 1. The third-order valence-electron chi connectivity index (χ3n) is 2.57. The van der Waals surface area contributed by atoms with Crippen molar-refractivity contribution in [3.8, 4) is 0 Å². The smallest absolute Gasteiger partial charge is 0.150 e. The van der Waals surface area contributed by atoms with E-state index in [1.807, 2.05) is 24.3 Å². The second kappa shape index (κ2) is 7.01. The molecule has 0 radical (unpaired) electrons. The Morgan fingerprint density at radius 2 is 2.00 bits per heavy atom. The number of carbonyl (C=O) groups is 1. The lowest BCUT2D eigenvalue weighted by Crippen LogP contribution is -2.31. The fourth-order valence-corrected chi connectivity index (χ4v) is 1.68. The van der Waals surface area contributed by atoms with E-state index in [0.29, 0.717) is 19.0 Å². The van der Waals surface area contributed by atoms with Crippen LogP contribution in [0.3, 0.4) is 0 Å². The van der Waals surface area contributed by atoms with Gasteiger partial charge in [-0.05, 0) is 53.6 Å². The van der Waals surface area contributed by atoms with Gasteiger partial charge in [-0.25, -0.2) is 0 Å². The molecule has 1 N–H and O–H groups in total. The first-order chi connectivity index (χ1) is 7.61. The minimum Gasteiger partial charge on any atom is -0.307 e. The number of ketones is 1. The first kappa shape index (κ1) is 13.6. The van der Waals surface area contributed by atoms with Gasteiger partial charge in [0.05, 0.1) is 6.54 Å². The molecule has 0 aliphatic heterocycles. The maximum absolute atomic E-state index is 11.7. The summed E-state index contributed by atoms with van der Waals surface area (Å²) >= 11 is 2.26. The first-order valence-electron chi connectivity index (χ1n) is 5.61. The number of rotatable bonds is 6. The summed E-state index contributed by atoms with van der Waals surface area (Å²) in [6, 6.07) is 8.52. The van der Waals surface area contributed by atoms with Gasteiger partial charge in [-0.2, -0.15) is 0 Å². The standard InChI is InChI=1S/C13H18INO/c1-3-10(2)15-9-13(16)8-11-4-6-12(14)7-5-11/h4-7,10,15H,3,8-9H2,1-2H3. The van der Waals surface area contributed by atoms with Crippen molar-refractivity contribution in [1.29, 1.82) is 0 Å². The van der Waals surface area contributed by atoms with Crippen LogP contribution in [0.4, 0.5) is 0 Å². The maximum atomic E-state index is 11.7. The molecule has 0 saturated heterocycles. The predicted molar refractivity (Wildman–Crippen MR) is 75.6 cm³/mol. The molecular formula is C13H18INO. The number of benzene rings is 1. The third-order valence-corrected chi connectivity index (χ3v) is 3.29. The van der Waals surface area contributed by atoms with Gasteiger partial charge in [0.1, 0.15) is 0 Å². The Balaban J connectivity index is 2.37. The molecule has 88 valence electrons. The number of hydrogen-bond acceptors (Lipinski definition) is 2. The zero-order valence-electron chi connectivity index (χ0n) is 9.79. The van der Waals surface area contributed by atoms with Crippen LogP contribution in [0.1, 0.15) is 25.8 Å². The predicted octanol–water partition coefficient (Wildman–Crippen LogP) is 2.79. The summed E-state index contributed by atoms with van der Waals surface area (Å²) in [7, 11) is 0. The van der Waals surface area contributed by atoms with Gasteiger partial charge in [-0.15, -0.1) is 0 Å². The molecule has 1 atom stereocenters. The Bertz CT molecular complexity index is 334. The number of nitrogens with one attached hydrogen (secondary N) is 1. The van der Waals surface area contributed by atoms with Crippen LogP contribution in [0.15, 0.2) is 24.3 Å². The Labute approximate surface area is 111 Å². The highest BCUT2D eigenvalue weighted by Gasteiger charge is 2.05.